The number of hydrogen-bond acceptors (Lipinski definition) is 4. The highest BCUT2D eigenvalue weighted by Crippen LogP contribution is 2.41. The zero-order valence-corrected chi connectivity index (χ0v) is 15.6. The lowest BCUT2D eigenvalue weighted by Crippen LogP contribution is -2.43. The Labute approximate surface area is 165 Å². The molecular formula is C21H20F3N3O2. The SMILES string of the molecule is O=C(NC(=O)[C@@H]1CC(F)(F)CN1)c1ccc(C2CC2)c(Cc2ccc(F)cc2)n1. The van der Waals surface area contributed by atoms with Crippen molar-refractivity contribution in [2.45, 2.75) is 43.6 Å². The van der Waals surface area contributed by atoms with Crippen molar-refractivity contribution in [2.24, 2.45) is 0 Å². The molecule has 1 saturated carbocycles. The van der Waals surface area contributed by atoms with Crippen LogP contribution in [0.15, 0.2) is 36.4 Å². The van der Waals surface area contributed by atoms with Crippen molar-refractivity contribution >= 4 is 11.8 Å². The lowest BCUT2D eigenvalue weighted by molar-refractivity contribution is -0.122. The number of nitrogens with one attached hydrogen (secondary N) is 2. The van der Waals surface area contributed by atoms with Gasteiger partial charge in [-0.25, -0.2) is 18.2 Å². The van der Waals surface area contributed by atoms with Gasteiger partial charge in [0.2, 0.25) is 5.91 Å². The maximum atomic E-state index is 13.3. The van der Waals surface area contributed by atoms with E-state index >= 15 is 0 Å². The number of carbonyl (C=O) groups is 2. The van der Waals surface area contributed by atoms with Gasteiger partial charge in [0.15, 0.2) is 0 Å². The van der Waals surface area contributed by atoms with Crippen LogP contribution in [0.4, 0.5) is 13.2 Å². The van der Waals surface area contributed by atoms with Crippen LogP contribution in [0.3, 0.4) is 0 Å². The molecule has 2 heterocycles. The van der Waals surface area contributed by atoms with E-state index in [1.54, 1.807) is 18.2 Å². The molecule has 29 heavy (non-hydrogen) atoms. The Kier molecular flexibility index (Phi) is 5.12. The molecule has 2 N–H and O–H groups in total. The van der Waals surface area contributed by atoms with Crippen LogP contribution in [-0.2, 0) is 11.2 Å². The molecule has 1 saturated heterocycles. The first-order valence-corrected chi connectivity index (χ1v) is 9.51. The van der Waals surface area contributed by atoms with Crippen molar-refractivity contribution in [1.29, 1.82) is 0 Å². The van der Waals surface area contributed by atoms with Gasteiger partial charge >= 0.3 is 0 Å². The second-order valence-corrected chi connectivity index (χ2v) is 7.62. The Morgan fingerprint density at radius 3 is 2.48 bits per heavy atom. The van der Waals surface area contributed by atoms with Gasteiger partial charge in [-0.15, -0.1) is 0 Å². The van der Waals surface area contributed by atoms with E-state index in [-0.39, 0.29) is 11.5 Å². The number of pyridine rings is 1. The zero-order valence-electron chi connectivity index (χ0n) is 15.6. The van der Waals surface area contributed by atoms with E-state index in [0.717, 1.165) is 24.0 Å². The van der Waals surface area contributed by atoms with Crippen LogP contribution in [0.2, 0.25) is 0 Å². The second kappa shape index (κ2) is 7.59. The lowest BCUT2D eigenvalue weighted by Gasteiger charge is -2.12. The molecule has 1 aromatic heterocycles. The van der Waals surface area contributed by atoms with Crippen LogP contribution in [0.5, 0.6) is 0 Å². The van der Waals surface area contributed by atoms with Crippen LogP contribution in [0.1, 0.15) is 52.5 Å². The first-order valence-electron chi connectivity index (χ1n) is 9.51. The standard InChI is InChI=1S/C21H20F3N3O2/c22-14-5-1-12(2-6-14)9-17-15(13-3-4-13)7-8-16(26-17)19(28)27-20(29)18-10-21(23,24)11-25-18/h1-2,5-8,13,18,25H,3-4,9-11H2,(H,27,28,29)/t18-/m0/s1. The first-order chi connectivity index (χ1) is 13.8. The van der Waals surface area contributed by atoms with Gasteiger partial charge in [0.1, 0.15) is 11.5 Å². The molecule has 2 fully saturated rings. The van der Waals surface area contributed by atoms with Crippen LogP contribution < -0.4 is 10.6 Å². The third kappa shape index (κ3) is 4.64. The third-order valence-corrected chi connectivity index (χ3v) is 5.21. The van der Waals surface area contributed by atoms with E-state index < -0.39 is 36.7 Å². The number of alkyl halides is 2. The summed E-state index contributed by atoms with van der Waals surface area (Å²) in [5.41, 5.74) is 2.63. The van der Waals surface area contributed by atoms with E-state index in [4.69, 9.17) is 0 Å². The van der Waals surface area contributed by atoms with Crippen LogP contribution in [0.25, 0.3) is 0 Å². The molecule has 1 aromatic carbocycles. The average molecular weight is 403 g/mol. The largest absolute Gasteiger partial charge is 0.300 e. The lowest BCUT2D eigenvalue weighted by atomic mass is 10.0. The molecule has 4 rings (SSSR count). The van der Waals surface area contributed by atoms with E-state index in [1.807, 2.05) is 6.07 Å². The Bertz CT molecular complexity index is 943. The molecule has 1 aliphatic carbocycles. The number of hydrogen-bond donors (Lipinski definition) is 2. The number of carbonyl (C=O) groups excluding carboxylic acids is 2. The van der Waals surface area contributed by atoms with Crippen LogP contribution in [-0.4, -0.2) is 35.3 Å². The molecule has 2 aliphatic rings. The van der Waals surface area contributed by atoms with Crippen LogP contribution >= 0.6 is 0 Å². The highest BCUT2D eigenvalue weighted by molar-refractivity contribution is 6.05. The number of halogens is 3. The quantitative estimate of drug-likeness (QED) is 0.753. The first kappa shape index (κ1) is 19.6. The number of amides is 2. The van der Waals surface area contributed by atoms with Gasteiger partial charge in [-0.3, -0.25) is 20.2 Å². The molecule has 0 unspecified atom stereocenters. The monoisotopic (exact) mass is 403 g/mol. The molecule has 8 heteroatoms. The Hall–Kier alpha value is -2.74. The van der Waals surface area contributed by atoms with E-state index in [0.29, 0.717) is 18.0 Å². The Morgan fingerprint density at radius 1 is 1.14 bits per heavy atom. The van der Waals surface area contributed by atoms with Gasteiger partial charge in [0.25, 0.3) is 11.8 Å². The fraction of sp³-hybridized carbons (Fsp3) is 0.381. The third-order valence-electron chi connectivity index (χ3n) is 5.21. The summed E-state index contributed by atoms with van der Waals surface area (Å²) in [6.45, 7) is -0.588. The smallest absolute Gasteiger partial charge is 0.276 e. The van der Waals surface area contributed by atoms with Crippen molar-refractivity contribution in [2.75, 3.05) is 6.54 Å². The fourth-order valence-electron chi connectivity index (χ4n) is 3.51. The molecular weight excluding hydrogens is 383 g/mol. The van der Waals surface area contributed by atoms with Gasteiger partial charge in [-0.05, 0) is 48.1 Å². The van der Waals surface area contributed by atoms with Gasteiger partial charge in [-0.2, -0.15) is 0 Å². The Balaban J connectivity index is 1.50. The van der Waals surface area contributed by atoms with E-state index in [2.05, 4.69) is 15.6 Å². The predicted octanol–water partition coefficient (Wildman–Crippen LogP) is 2.94. The molecule has 1 atom stereocenters. The summed E-state index contributed by atoms with van der Waals surface area (Å²) in [6.07, 6.45) is 1.88. The van der Waals surface area contributed by atoms with Gasteiger partial charge in [0.05, 0.1) is 12.6 Å². The number of rotatable bonds is 5. The number of nitrogens with zero attached hydrogens (tertiary/aromatic N) is 1. The van der Waals surface area contributed by atoms with Gasteiger partial charge in [0, 0.05) is 18.5 Å². The molecule has 5 nitrogen and oxygen atoms in total. The molecule has 0 radical (unpaired) electrons. The van der Waals surface area contributed by atoms with E-state index in [1.165, 1.54) is 12.1 Å². The van der Waals surface area contributed by atoms with Crippen molar-refractivity contribution in [1.82, 2.24) is 15.6 Å². The summed E-state index contributed by atoms with van der Waals surface area (Å²) in [4.78, 5) is 29.0. The minimum Gasteiger partial charge on any atom is -0.300 e. The molecule has 1 aliphatic heterocycles. The molecule has 0 bridgehead atoms. The number of imide groups is 1. The molecule has 0 spiro atoms. The van der Waals surface area contributed by atoms with E-state index in [9.17, 15) is 22.8 Å². The summed E-state index contributed by atoms with van der Waals surface area (Å²) in [5, 5.41) is 4.57. The molecule has 152 valence electrons. The minimum absolute atomic E-state index is 0.0459. The fourth-order valence-corrected chi connectivity index (χ4v) is 3.51. The summed E-state index contributed by atoms with van der Waals surface area (Å²) in [6, 6.07) is 8.31. The second-order valence-electron chi connectivity index (χ2n) is 7.62. The zero-order chi connectivity index (χ0) is 20.6. The highest BCUT2D eigenvalue weighted by atomic mass is 19.3. The summed E-state index contributed by atoms with van der Waals surface area (Å²) in [5.74, 6) is -4.42. The normalized spacial score (nSPS) is 20.4. The maximum Gasteiger partial charge on any atom is 0.276 e. The summed E-state index contributed by atoms with van der Waals surface area (Å²) < 4.78 is 39.7. The van der Waals surface area contributed by atoms with Gasteiger partial charge in [-0.1, -0.05) is 18.2 Å². The molecule has 2 aromatic rings. The number of aromatic nitrogens is 1. The van der Waals surface area contributed by atoms with Gasteiger partial charge < -0.3 is 0 Å². The maximum absolute atomic E-state index is 13.3. The minimum atomic E-state index is -2.96. The number of benzene rings is 1. The topological polar surface area (TPSA) is 71.1 Å². The summed E-state index contributed by atoms with van der Waals surface area (Å²) >= 11 is 0. The van der Waals surface area contributed by atoms with Crippen molar-refractivity contribution in [3.05, 3.63) is 64.7 Å². The summed E-state index contributed by atoms with van der Waals surface area (Å²) in [7, 11) is 0. The average Bonchev–Trinajstić information content (AvgIpc) is 3.45. The highest BCUT2D eigenvalue weighted by Gasteiger charge is 2.42. The van der Waals surface area contributed by atoms with Crippen LogP contribution in [0, 0.1) is 5.82 Å². The van der Waals surface area contributed by atoms with Crippen molar-refractivity contribution < 1.29 is 22.8 Å². The predicted molar refractivity (Wildman–Crippen MR) is 99.2 cm³/mol. The van der Waals surface area contributed by atoms with Crippen molar-refractivity contribution in [3.63, 3.8) is 0 Å². The Morgan fingerprint density at radius 2 is 1.86 bits per heavy atom. The van der Waals surface area contributed by atoms with Crippen molar-refractivity contribution in [3.8, 4) is 0 Å². The molecule has 2 amide bonds.